The van der Waals surface area contributed by atoms with Crippen LogP contribution in [0.1, 0.15) is 50.5 Å². The Hall–Kier alpha value is -2.44. The first-order valence-corrected chi connectivity index (χ1v) is 14.0. The number of hydrogen-bond donors (Lipinski definition) is 1. The molecular weight excluding hydrogens is 448 g/mol. The molecule has 2 aromatic rings. The monoisotopic (exact) mass is 488 g/mol. The van der Waals surface area contributed by atoms with Crippen molar-refractivity contribution in [3.8, 4) is 0 Å². The van der Waals surface area contributed by atoms with Gasteiger partial charge in [-0.25, -0.2) is 0 Å². The number of amides is 1. The Morgan fingerprint density at radius 3 is 2.56 bits per heavy atom. The molecule has 3 fully saturated rings. The number of carbonyl (C=O) groups excluding carboxylic acids is 1. The van der Waals surface area contributed by atoms with Gasteiger partial charge in [-0.2, -0.15) is 0 Å². The van der Waals surface area contributed by atoms with Crippen molar-refractivity contribution in [3.63, 3.8) is 0 Å². The number of carbonyl (C=O) groups is 1. The molecule has 1 aliphatic heterocycles. The van der Waals surface area contributed by atoms with Gasteiger partial charge in [0.15, 0.2) is 0 Å². The van der Waals surface area contributed by atoms with Gasteiger partial charge in [0.05, 0.1) is 6.54 Å². The fourth-order valence-corrected chi connectivity index (χ4v) is 7.45. The molecule has 1 saturated heterocycles. The summed E-state index contributed by atoms with van der Waals surface area (Å²) in [5, 5.41) is 1.02. The van der Waals surface area contributed by atoms with Crippen LogP contribution in [0.15, 0.2) is 47.3 Å². The summed E-state index contributed by atoms with van der Waals surface area (Å²) in [7, 11) is 2.20. The van der Waals surface area contributed by atoms with E-state index in [1.165, 1.54) is 19.3 Å². The number of H-pyrrole nitrogens is 1. The third kappa shape index (κ3) is 4.54. The molecule has 6 heteroatoms. The minimum atomic E-state index is -0.0726. The highest BCUT2D eigenvalue weighted by molar-refractivity contribution is 5.81. The number of aromatic nitrogens is 1. The van der Waals surface area contributed by atoms with E-state index in [-0.39, 0.29) is 22.9 Å². The average molecular weight is 489 g/mol. The van der Waals surface area contributed by atoms with Crippen LogP contribution in [0.3, 0.4) is 0 Å². The molecule has 3 aliphatic carbocycles. The predicted molar refractivity (Wildman–Crippen MR) is 144 cm³/mol. The van der Waals surface area contributed by atoms with Crippen molar-refractivity contribution in [1.82, 2.24) is 19.7 Å². The number of hydrogen-bond acceptors (Lipinski definition) is 4. The Balaban J connectivity index is 1.33. The second-order valence-corrected chi connectivity index (χ2v) is 11.9. The first-order chi connectivity index (χ1) is 17.5. The van der Waals surface area contributed by atoms with Gasteiger partial charge < -0.3 is 14.8 Å². The van der Waals surface area contributed by atoms with Crippen LogP contribution in [-0.2, 0) is 11.3 Å². The van der Waals surface area contributed by atoms with Crippen molar-refractivity contribution in [2.75, 3.05) is 39.8 Å². The van der Waals surface area contributed by atoms with Crippen LogP contribution >= 0.6 is 0 Å². The molecule has 3 unspecified atom stereocenters. The van der Waals surface area contributed by atoms with E-state index in [1.54, 1.807) is 0 Å². The molecule has 1 amide bonds. The van der Waals surface area contributed by atoms with Gasteiger partial charge in [0, 0.05) is 55.3 Å². The van der Waals surface area contributed by atoms with E-state index in [0.717, 1.165) is 69.3 Å². The minimum absolute atomic E-state index is 0.0201. The molecule has 6 rings (SSSR count). The summed E-state index contributed by atoms with van der Waals surface area (Å²) in [4.78, 5) is 37.6. The summed E-state index contributed by atoms with van der Waals surface area (Å²) >= 11 is 0. The SMILES string of the molecule is CN1CCN(C2(CN(Cc3cc4ccccc4[nH]c3=O)C(=O)C3CC4C=CC3C4)CCCCC2)CC1. The second-order valence-electron chi connectivity index (χ2n) is 11.9. The van der Waals surface area contributed by atoms with Gasteiger partial charge in [0.25, 0.3) is 5.56 Å². The second kappa shape index (κ2) is 9.79. The number of nitrogens with one attached hydrogen (secondary N) is 1. The van der Waals surface area contributed by atoms with Gasteiger partial charge in [0.1, 0.15) is 0 Å². The number of nitrogens with zero attached hydrogens (tertiary/aromatic N) is 3. The maximum atomic E-state index is 14.2. The van der Waals surface area contributed by atoms with Gasteiger partial charge in [-0.1, -0.05) is 49.6 Å². The summed E-state index contributed by atoms with van der Waals surface area (Å²) in [5.74, 6) is 1.24. The number of aromatic amines is 1. The molecule has 1 aromatic carbocycles. The Morgan fingerprint density at radius 1 is 1.06 bits per heavy atom. The zero-order valence-electron chi connectivity index (χ0n) is 21.6. The molecule has 2 saturated carbocycles. The summed E-state index contributed by atoms with van der Waals surface area (Å²) in [6.45, 7) is 5.41. The van der Waals surface area contributed by atoms with Gasteiger partial charge in [0.2, 0.25) is 5.91 Å². The molecule has 2 bridgehead atoms. The normalized spacial score (nSPS) is 28.1. The molecule has 1 N–H and O–H groups in total. The van der Waals surface area contributed by atoms with E-state index in [1.807, 2.05) is 30.3 Å². The number of rotatable bonds is 6. The van der Waals surface area contributed by atoms with Crippen LogP contribution in [0.2, 0.25) is 0 Å². The fraction of sp³-hybridized carbons (Fsp3) is 0.600. The lowest BCUT2D eigenvalue weighted by Crippen LogP contribution is -2.62. The highest BCUT2D eigenvalue weighted by atomic mass is 16.2. The van der Waals surface area contributed by atoms with Crippen LogP contribution in [0.5, 0.6) is 0 Å². The fourth-order valence-electron chi connectivity index (χ4n) is 7.45. The van der Waals surface area contributed by atoms with Crippen molar-refractivity contribution in [1.29, 1.82) is 0 Å². The number of allylic oxidation sites excluding steroid dienone is 2. The molecule has 1 aromatic heterocycles. The van der Waals surface area contributed by atoms with E-state index < -0.39 is 0 Å². The third-order valence-electron chi connectivity index (χ3n) is 9.54. The van der Waals surface area contributed by atoms with Crippen molar-refractivity contribution in [3.05, 3.63) is 58.4 Å². The minimum Gasteiger partial charge on any atom is -0.336 e. The number of piperazine rings is 1. The number of benzene rings is 1. The Bertz CT molecular complexity index is 1190. The molecule has 6 nitrogen and oxygen atoms in total. The molecule has 3 atom stereocenters. The lowest BCUT2D eigenvalue weighted by molar-refractivity contribution is -0.140. The summed E-state index contributed by atoms with van der Waals surface area (Å²) in [6, 6.07) is 9.92. The zero-order valence-corrected chi connectivity index (χ0v) is 21.6. The van der Waals surface area contributed by atoms with Crippen LogP contribution in [0, 0.1) is 17.8 Å². The van der Waals surface area contributed by atoms with Gasteiger partial charge in [-0.15, -0.1) is 0 Å². The first-order valence-electron chi connectivity index (χ1n) is 14.0. The van der Waals surface area contributed by atoms with Gasteiger partial charge in [-0.3, -0.25) is 14.5 Å². The van der Waals surface area contributed by atoms with Gasteiger partial charge >= 0.3 is 0 Å². The van der Waals surface area contributed by atoms with E-state index >= 15 is 0 Å². The predicted octanol–water partition coefficient (Wildman–Crippen LogP) is 4.02. The van der Waals surface area contributed by atoms with E-state index in [0.29, 0.717) is 23.9 Å². The van der Waals surface area contributed by atoms with Crippen LogP contribution in [0.4, 0.5) is 0 Å². The molecule has 0 radical (unpaired) electrons. The number of para-hydroxylation sites is 1. The van der Waals surface area contributed by atoms with Crippen LogP contribution < -0.4 is 5.56 Å². The average Bonchev–Trinajstić information content (AvgIpc) is 3.53. The molecular formula is C30H40N4O2. The smallest absolute Gasteiger partial charge is 0.253 e. The van der Waals surface area contributed by atoms with Crippen molar-refractivity contribution < 1.29 is 4.79 Å². The highest BCUT2D eigenvalue weighted by Gasteiger charge is 2.45. The lowest BCUT2D eigenvalue weighted by atomic mass is 9.78. The highest BCUT2D eigenvalue weighted by Crippen LogP contribution is 2.45. The number of pyridine rings is 1. The van der Waals surface area contributed by atoms with Crippen molar-refractivity contribution >= 4 is 16.8 Å². The molecule has 4 aliphatic rings. The first kappa shape index (κ1) is 23.9. The van der Waals surface area contributed by atoms with E-state index in [9.17, 15) is 9.59 Å². The zero-order chi connectivity index (χ0) is 24.7. The quantitative estimate of drug-likeness (QED) is 0.624. The van der Waals surface area contributed by atoms with Crippen molar-refractivity contribution in [2.24, 2.45) is 17.8 Å². The number of fused-ring (bicyclic) bond motifs is 3. The maximum absolute atomic E-state index is 14.2. The van der Waals surface area contributed by atoms with E-state index in [4.69, 9.17) is 0 Å². The Morgan fingerprint density at radius 2 is 1.83 bits per heavy atom. The van der Waals surface area contributed by atoms with E-state index in [2.05, 4.69) is 38.9 Å². The molecule has 192 valence electrons. The largest absolute Gasteiger partial charge is 0.336 e. The Kier molecular flexibility index (Phi) is 6.51. The maximum Gasteiger partial charge on any atom is 0.253 e. The third-order valence-corrected chi connectivity index (χ3v) is 9.54. The summed E-state index contributed by atoms with van der Waals surface area (Å²) < 4.78 is 0. The molecule has 36 heavy (non-hydrogen) atoms. The molecule has 2 heterocycles. The van der Waals surface area contributed by atoms with Crippen molar-refractivity contribution in [2.45, 2.75) is 57.0 Å². The topological polar surface area (TPSA) is 59.6 Å². The number of likely N-dealkylation sites (N-methyl/N-ethyl adjacent to an activating group) is 1. The molecule has 0 spiro atoms. The van der Waals surface area contributed by atoms with Crippen LogP contribution in [0.25, 0.3) is 10.9 Å². The summed E-state index contributed by atoms with van der Waals surface area (Å²) in [5.41, 5.74) is 1.50. The lowest BCUT2D eigenvalue weighted by Gasteiger charge is -2.51. The van der Waals surface area contributed by atoms with Crippen LogP contribution in [-0.4, -0.2) is 70.9 Å². The Labute approximate surface area is 214 Å². The summed E-state index contributed by atoms with van der Waals surface area (Å²) in [6.07, 6.45) is 12.7. The standard InChI is InChI=1S/C30H40N4O2/c1-32-13-15-34(16-14-32)30(11-5-2-6-12-30)21-33(29(36)26-18-22-9-10-23(26)17-22)20-25-19-24-7-3-4-8-27(24)31-28(25)35/h3-4,7-10,19,22-23,26H,2,5-6,11-18,20-21H2,1H3,(H,31,35). The van der Waals surface area contributed by atoms with Gasteiger partial charge in [-0.05, 0) is 62.1 Å².